The maximum atomic E-state index is 13.4. The molecule has 0 heterocycles. The van der Waals surface area contributed by atoms with Crippen molar-refractivity contribution in [3.8, 4) is 11.8 Å². The molecule has 1 N–H and O–H groups in total. The molecule has 0 saturated heterocycles. The van der Waals surface area contributed by atoms with Crippen molar-refractivity contribution in [2.24, 2.45) is 0 Å². The molecule has 5 heteroatoms. The maximum Gasteiger partial charge on any atom is 0.167 e. The average Bonchev–Trinajstić information content (AvgIpc) is 2.77. The third-order valence-electron chi connectivity index (χ3n) is 3.35. The fourth-order valence-corrected chi connectivity index (χ4v) is 2.24. The van der Waals surface area contributed by atoms with Crippen molar-refractivity contribution >= 4 is 0 Å². The van der Waals surface area contributed by atoms with E-state index in [1.54, 1.807) is 7.05 Å². The zero-order valence-electron chi connectivity index (χ0n) is 10.0. The molecule has 0 bridgehead atoms. The lowest BCUT2D eigenvalue weighted by Crippen LogP contribution is -2.39. The van der Waals surface area contributed by atoms with E-state index in [0.717, 1.165) is 12.1 Å². The Morgan fingerprint density at radius 2 is 2.28 bits per heavy atom. The number of halogens is 2. The van der Waals surface area contributed by atoms with Gasteiger partial charge < -0.3 is 10.1 Å². The normalized spacial score (nSPS) is 26.9. The Morgan fingerprint density at radius 3 is 2.83 bits per heavy atom. The summed E-state index contributed by atoms with van der Waals surface area (Å²) >= 11 is 0. The molecule has 18 heavy (non-hydrogen) atoms. The Hall–Kier alpha value is -1.67. The van der Waals surface area contributed by atoms with E-state index >= 15 is 0 Å². The Labute approximate surface area is 104 Å². The van der Waals surface area contributed by atoms with E-state index in [2.05, 4.69) is 11.4 Å². The summed E-state index contributed by atoms with van der Waals surface area (Å²) in [5, 5.41) is 12.1. The molecule has 0 radical (unpaired) electrons. The maximum absolute atomic E-state index is 13.4. The van der Waals surface area contributed by atoms with E-state index in [-0.39, 0.29) is 11.9 Å². The van der Waals surface area contributed by atoms with Gasteiger partial charge in [-0.2, -0.15) is 5.26 Å². The average molecular weight is 252 g/mol. The Kier molecular flexibility index (Phi) is 3.48. The van der Waals surface area contributed by atoms with E-state index in [4.69, 9.17) is 10.00 Å². The van der Waals surface area contributed by atoms with Crippen LogP contribution >= 0.6 is 0 Å². The summed E-state index contributed by atoms with van der Waals surface area (Å²) in [7, 11) is 1.73. The third-order valence-corrected chi connectivity index (χ3v) is 3.35. The zero-order chi connectivity index (χ0) is 13.2. The molecular formula is C13H14F2N2O. The van der Waals surface area contributed by atoms with E-state index in [0.29, 0.717) is 19.3 Å². The monoisotopic (exact) mass is 252 g/mol. The van der Waals surface area contributed by atoms with Gasteiger partial charge in [-0.15, -0.1) is 0 Å². The van der Waals surface area contributed by atoms with Crippen LogP contribution in [-0.2, 0) is 0 Å². The van der Waals surface area contributed by atoms with Gasteiger partial charge in [-0.3, -0.25) is 0 Å². The number of nitrogens with zero attached hydrogens (tertiary/aromatic N) is 1. The minimum Gasteiger partial charge on any atom is -0.487 e. The van der Waals surface area contributed by atoms with Gasteiger partial charge >= 0.3 is 0 Å². The number of nitrogens with one attached hydrogen (secondary N) is 1. The van der Waals surface area contributed by atoms with Crippen molar-refractivity contribution in [1.82, 2.24) is 5.32 Å². The van der Waals surface area contributed by atoms with Crippen molar-refractivity contribution in [3.05, 3.63) is 29.8 Å². The summed E-state index contributed by atoms with van der Waals surface area (Å²) in [6, 6.07) is 5.44. The largest absolute Gasteiger partial charge is 0.487 e. The van der Waals surface area contributed by atoms with Crippen LogP contribution in [0, 0.1) is 23.0 Å². The molecule has 1 fully saturated rings. The molecule has 0 aliphatic heterocycles. The predicted octanol–water partition coefficient (Wildman–Crippen LogP) is 2.38. The molecule has 1 aromatic rings. The first-order valence-corrected chi connectivity index (χ1v) is 5.80. The van der Waals surface area contributed by atoms with Crippen LogP contribution in [0.15, 0.2) is 18.2 Å². The topological polar surface area (TPSA) is 45.0 Å². The Balaban J connectivity index is 2.06. The standard InChI is InChI=1S/C13H14F2N2O/c1-17-13(8-16)5-4-10(7-13)18-12-3-2-9(14)6-11(12)15/h2-3,6,10,17H,4-5,7H2,1H3. The summed E-state index contributed by atoms with van der Waals surface area (Å²) in [5.74, 6) is -1.31. The number of nitriles is 1. The summed E-state index contributed by atoms with van der Waals surface area (Å²) in [6.07, 6.45) is 1.60. The first-order valence-electron chi connectivity index (χ1n) is 5.80. The lowest BCUT2D eigenvalue weighted by molar-refractivity contribution is 0.193. The third kappa shape index (κ3) is 2.44. The van der Waals surface area contributed by atoms with Crippen LogP contribution in [0.2, 0.25) is 0 Å². The fraction of sp³-hybridized carbons (Fsp3) is 0.462. The van der Waals surface area contributed by atoms with Crippen LogP contribution in [0.5, 0.6) is 5.75 Å². The van der Waals surface area contributed by atoms with Crippen molar-refractivity contribution in [3.63, 3.8) is 0 Å². The smallest absolute Gasteiger partial charge is 0.167 e. The van der Waals surface area contributed by atoms with Gasteiger partial charge in [0.2, 0.25) is 0 Å². The second-order valence-corrected chi connectivity index (χ2v) is 4.50. The summed E-state index contributed by atoms with van der Waals surface area (Å²) in [5.41, 5.74) is -0.596. The molecule has 0 amide bonds. The number of rotatable bonds is 3. The van der Waals surface area contributed by atoms with Crippen LogP contribution in [0.3, 0.4) is 0 Å². The highest BCUT2D eigenvalue weighted by Gasteiger charge is 2.39. The molecule has 1 saturated carbocycles. The van der Waals surface area contributed by atoms with Crippen LogP contribution in [0.1, 0.15) is 19.3 Å². The molecule has 3 nitrogen and oxygen atoms in total. The van der Waals surface area contributed by atoms with Gasteiger partial charge in [0, 0.05) is 12.5 Å². The number of benzene rings is 1. The Bertz CT molecular complexity index is 486. The highest BCUT2D eigenvalue weighted by molar-refractivity contribution is 5.25. The molecular weight excluding hydrogens is 238 g/mol. The lowest BCUT2D eigenvalue weighted by Gasteiger charge is -2.20. The number of hydrogen-bond acceptors (Lipinski definition) is 3. The van der Waals surface area contributed by atoms with Crippen LogP contribution in [-0.4, -0.2) is 18.7 Å². The van der Waals surface area contributed by atoms with Crippen molar-refractivity contribution in [1.29, 1.82) is 5.26 Å². The first kappa shape index (κ1) is 12.8. The number of ether oxygens (including phenoxy) is 1. The lowest BCUT2D eigenvalue weighted by atomic mass is 10.0. The minimum absolute atomic E-state index is 0.0336. The van der Waals surface area contributed by atoms with E-state index < -0.39 is 17.2 Å². The SMILES string of the molecule is CNC1(C#N)CCC(Oc2ccc(F)cc2F)C1. The van der Waals surface area contributed by atoms with Crippen LogP contribution in [0.4, 0.5) is 8.78 Å². The van der Waals surface area contributed by atoms with Gasteiger partial charge in [0.25, 0.3) is 0 Å². The molecule has 0 spiro atoms. The van der Waals surface area contributed by atoms with Gasteiger partial charge in [-0.1, -0.05) is 0 Å². The van der Waals surface area contributed by atoms with E-state index in [9.17, 15) is 8.78 Å². The fourth-order valence-electron chi connectivity index (χ4n) is 2.24. The molecule has 1 aliphatic carbocycles. The van der Waals surface area contributed by atoms with Crippen LogP contribution in [0.25, 0.3) is 0 Å². The van der Waals surface area contributed by atoms with Gasteiger partial charge in [0.05, 0.1) is 6.07 Å². The van der Waals surface area contributed by atoms with Gasteiger partial charge in [-0.05, 0) is 32.0 Å². The van der Waals surface area contributed by atoms with Crippen molar-refractivity contribution in [2.75, 3.05) is 7.05 Å². The van der Waals surface area contributed by atoms with Gasteiger partial charge in [-0.25, -0.2) is 8.78 Å². The molecule has 2 rings (SSSR count). The zero-order valence-corrected chi connectivity index (χ0v) is 10.0. The minimum atomic E-state index is -0.714. The highest BCUT2D eigenvalue weighted by atomic mass is 19.1. The summed E-state index contributed by atoms with van der Waals surface area (Å²) in [4.78, 5) is 0. The predicted molar refractivity (Wildman–Crippen MR) is 62.0 cm³/mol. The molecule has 96 valence electrons. The van der Waals surface area contributed by atoms with Gasteiger partial charge in [0.15, 0.2) is 11.6 Å². The second-order valence-electron chi connectivity index (χ2n) is 4.50. The first-order chi connectivity index (χ1) is 8.58. The number of hydrogen-bond donors (Lipinski definition) is 1. The van der Waals surface area contributed by atoms with Crippen molar-refractivity contribution in [2.45, 2.75) is 30.9 Å². The van der Waals surface area contributed by atoms with Crippen LogP contribution < -0.4 is 10.1 Å². The molecule has 0 aromatic heterocycles. The summed E-state index contributed by atoms with van der Waals surface area (Å²) < 4.78 is 31.6. The molecule has 2 atom stereocenters. The van der Waals surface area contributed by atoms with E-state index in [1.165, 1.54) is 6.07 Å². The Morgan fingerprint density at radius 1 is 1.50 bits per heavy atom. The second kappa shape index (κ2) is 4.91. The summed E-state index contributed by atoms with van der Waals surface area (Å²) in [6.45, 7) is 0. The van der Waals surface area contributed by atoms with E-state index in [1.807, 2.05) is 0 Å². The molecule has 1 aliphatic rings. The quantitative estimate of drug-likeness (QED) is 0.898. The van der Waals surface area contributed by atoms with Crippen molar-refractivity contribution < 1.29 is 13.5 Å². The molecule has 2 unspecified atom stereocenters. The highest BCUT2D eigenvalue weighted by Crippen LogP contribution is 2.32. The van der Waals surface area contributed by atoms with Gasteiger partial charge in [0.1, 0.15) is 17.5 Å². The molecule has 1 aromatic carbocycles.